The smallest absolute Gasteiger partial charge is 0.269 e. The Morgan fingerprint density at radius 3 is 2.57 bits per heavy atom. The Balaban J connectivity index is 2.51. The van der Waals surface area contributed by atoms with Gasteiger partial charge in [-0.05, 0) is 18.6 Å². The molecular formula is C10H12NO3. The number of nitrogens with zero attached hydrogens (tertiary/aromatic N) is 1. The van der Waals surface area contributed by atoms with Gasteiger partial charge in [-0.2, -0.15) is 0 Å². The lowest BCUT2D eigenvalue weighted by molar-refractivity contribution is -0.384. The molecular weight excluding hydrogens is 182 g/mol. The van der Waals surface area contributed by atoms with Gasteiger partial charge in [0.25, 0.3) is 5.69 Å². The molecule has 1 rings (SSSR count). The van der Waals surface area contributed by atoms with Gasteiger partial charge in [0.15, 0.2) is 0 Å². The van der Waals surface area contributed by atoms with Crippen molar-refractivity contribution in [2.75, 3.05) is 0 Å². The predicted octanol–water partition coefficient (Wildman–Crippen LogP) is 2.94. The second-order valence-corrected chi connectivity index (χ2v) is 2.82. The zero-order valence-corrected chi connectivity index (χ0v) is 7.97. The molecule has 0 aliphatic rings. The van der Waals surface area contributed by atoms with Crippen molar-refractivity contribution in [3.05, 3.63) is 41.0 Å². The molecule has 0 aliphatic heterocycles. The minimum Gasteiger partial charge on any atom is -0.487 e. The quantitative estimate of drug-likeness (QED) is 0.411. The monoisotopic (exact) mass is 194 g/mol. The van der Waals surface area contributed by atoms with E-state index in [9.17, 15) is 10.1 Å². The molecule has 0 saturated carbocycles. The Hall–Kier alpha value is -1.58. The molecule has 4 heteroatoms. The molecule has 1 aromatic rings. The molecule has 14 heavy (non-hydrogen) atoms. The molecule has 0 saturated heterocycles. The van der Waals surface area contributed by atoms with E-state index < -0.39 is 4.92 Å². The minimum absolute atomic E-state index is 0.0767. The summed E-state index contributed by atoms with van der Waals surface area (Å²) >= 11 is 0. The largest absolute Gasteiger partial charge is 0.487 e. The maximum absolute atomic E-state index is 10.3. The van der Waals surface area contributed by atoms with Crippen LogP contribution in [-0.4, -0.2) is 4.92 Å². The summed E-state index contributed by atoms with van der Waals surface area (Å²) in [4.78, 5) is 9.90. The first-order valence-electron chi connectivity index (χ1n) is 4.47. The molecule has 0 aromatic heterocycles. The number of nitro groups is 1. The molecule has 0 amide bonds. The number of hydrogen-bond donors (Lipinski definition) is 0. The van der Waals surface area contributed by atoms with Gasteiger partial charge in [-0.3, -0.25) is 10.1 Å². The van der Waals surface area contributed by atoms with Gasteiger partial charge >= 0.3 is 0 Å². The average molecular weight is 194 g/mol. The van der Waals surface area contributed by atoms with Gasteiger partial charge < -0.3 is 4.74 Å². The third kappa shape index (κ3) is 3.05. The molecule has 0 heterocycles. The highest BCUT2D eigenvalue weighted by Gasteiger charge is 2.03. The first-order valence-corrected chi connectivity index (χ1v) is 4.47. The fraction of sp³-hybridized carbons (Fsp3) is 0.300. The Bertz CT molecular complexity index is 295. The standard InChI is InChI=1S/C10H12NO3/c1-2-3-8-14-10-6-4-9(5-7-10)11(12)13/h4-8H,2-3H2,1H3. The SMILES string of the molecule is CCC[CH]Oc1ccc([N+](=O)[O-])cc1. The van der Waals surface area contributed by atoms with Gasteiger partial charge in [0.05, 0.1) is 4.92 Å². The Morgan fingerprint density at radius 1 is 1.43 bits per heavy atom. The van der Waals surface area contributed by atoms with Crippen molar-refractivity contribution < 1.29 is 9.66 Å². The number of non-ortho nitro benzene ring substituents is 1. The van der Waals surface area contributed by atoms with Crippen molar-refractivity contribution in [3.63, 3.8) is 0 Å². The van der Waals surface area contributed by atoms with Crippen molar-refractivity contribution >= 4 is 5.69 Å². The summed E-state index contributed by atoms with van der Waals surface area (Å²) in [5.74, 6) is 0.629. The van der Waals surface area contributed by atoms with Crippen LogP contribution in [0.15, 0.2) is 24.3 Å². The first kappa shape index (κ1) is 10.5. The zero-order valence-electron chi connectivity index (χ0n) is 7.97. The second kappa shape index (κ2) is 5.21. The van der Waals surface area contributed by atoms with Gasteiger partial charge in [0, 0.05) is 12.1 Å². The van der Waals surface area contributed by atoms with E-state index in [1.54, 1.807) is 18.7 Å². The van der Waals surface area contributed by atoms with Crippen LogP contribution in [0.25, 0.3) is 0 Å². The van der Waals surface area contributed by atoms with E-state index in [0.717, 1.165) is 12.8 Å². The molecule has 0 aliphatic carbocycles. The van der Waals surface area contributed by atoms with Crippen LogP contribution in [0.5, 0.6) is 5.75 Å². The van der Waals surface area contributed by atoms with Crippen LogP contribution in [-0.2, 0) is 0 Å². The van der Waals surface area contributed by atoms with E-state index in [0.29, 0.717) is 5.75 Å². The molecule has 1 aromatic carbocycles. The molecule has 0 unspecified atom stereocenters. The topological polar surface area (TPSA) is 52.4 Å². The van der Waals surface area contributed by atoms with Crippen LogP contribution in [0.2, 0.25) is 0 Å². The number of rotatable bonds is 5. The van der Waals surface area contributed by atoms with E-state index in [4.69, 9.17) is 4.74 Å². The van der Waals surface area contributed by atoms with Crippen LogP contribution in [0, 0.1) is 16.7 Å². The predicted molar refractivity (Wildman–Crippen MR) is 52.9 cm³/mol. The van der Waals surface area contributed by atoms with Gasteiger partial charge in [-0.25, -0.2) is 0 Å². The van der Waals surface area contributed by atoms with Crippen LogP contribution in [0.3, 0.4) is 0 Å². The number of benzene rings is 1. The summed E-state index contributed by atoms with van der Waals surface area (Å²) in [5.41, 5.74) is 0.0767. The summed E-state index contributed by atoms with van der Waals surface area (Å²) in [6, 6.07) is 6.03. The Morgan fingerprint density at radius 2 is 2.07 bits per heavy atom. The summed E-state index contributed by atoms with van der Waals surface area (Å²) in [7, 11) is 0. The zero-order chi connectivity index (χ0) is 10.4. The van der Waals surface area contributed by atoms with Crippen molar-refractivity contribution in [1.82, 2.24) is 0 Å². The Kier molecular flexibility index (Phi) is 3.91. The fourth-order valence-electron chi connectivity index (χ4n) is 0.919. The molecule has 0 N–H and O–H groups in total. The number of unbranched alkanes of at least 4 members (excludes halogenated alkanes) is 1. The van der Waals surface area contributed by atoms with E-state index in [2.05, 4.69) is 6.92 Å². The van der Waals surface area contributed by atoms with Crippen molar-refractivity contribution in [3.8, 4) is 5.75 Å². The normalized spacial score (nSPS) is 9.79. The van der Waals surface area contributed by atoms with Crippen LogP contribution in [0.4, 0.5) is 5.69 Å². The van der Waals surface area contributed by atoms with Crippen molar-refractivity contribution in [1.29, 1.82) is 0 Å². The molecule has 0 atom stereocenters. The molecule has 0 spiro atoms. The van der Waals surface area contributed by atoms with Gasteiger partial charge in [0.1, 0.15) is 12.4 Å². The molecule has 0 bridgehead atoms. The average Bonchev–Trinajstić information content (AvgIpc) is 2.19. The van der Waals surface area contributed by atoms with Gasteiger partial charge in [-0.1, -0.05) is 13.3 Å². The molecule has 4 nitrogen and oxygen atoms in total. The van der Waals surface area contributed by atoms with Crippen molar-refractivity contribution in [2.24, 2.45) is 0 Å². The molecule has 1 radical (unpaired) electrons. The summed E-state index contributed by atoms with van der Waals surface area (Å²) in [6.45, 7) is 3.75. The van der Waals surface area contributed by atoms with E-state index in [1.165, 1.54) is 12.1 Å². The molecule has 0 fully saturated rings. The van der Waals surface area contributed by atoms with E-state index in [1.807, 2.05) is 0 Å². The van der Waals surface area contributed by atoms with Crippen LogP contribution in [0.1, 0.15) is 19.8 Å². The first-order chi connectivity index (χ1) is 6.74. The second-order valence-electron chi connectivity index (χ2n) is 2.82. The summed E-state index contributed by atoms with van der Waals surface area (Å²) in [6.07, 6.45) is 1.89. The lowest BCUT2D eigenvalue weighted by atomic mass is 10.3. The maximum Gasteiger partial charge on any atom is 0.269 e. The minimum atomic E-state index is -0.431. The van der Waals surface area contributed by atoms with E-state index in [-0.39, 0.29) is 5.69 Å². The third-order valence-corrected chi connectivity index (χ3v) is 1.67. The highest BCUT2D eigenvalue weighted by Crippen LogP contribution is 2.18. The van der Waals surface area contributed by atoms with Crippen LogP contribution < -0.4 is 4.74 Å². The highest BCUT2D eigenvalue weighted by atomic mass is 16.6. The number of ether oxygens (including phenoxy) is 1. The lowest BCUT2D eigenvalue weighted by Gasteiger charge is -2.02. The number of nitro benzene ring substituents is 1. The van der Waals surface area contributed by atoms with Crippen LogP contribution >= 0.6 is 0 Å². The summed E-state index contributed by atoms with van der Waals surface area (Å²) in [5, 5.41) is 10.3. The molecule has 75 valence electrons. The highest BCUT2D eigenvalue weighted by molar-refractivity contribution is 5.36. The van der Waals surface area contributed by atoms with Gasteiger partial charge in [0.2, 0.25) is 0 Å². The lowest BCUT2D eigenvalue weighted by Crippen LogP contribution is -1.91. The Labute approximate surface area is 82.7 Å². The van der Waals surface area contributed by atoms with Crippen molar-refractivity contribution in [2.45, 2.75) is 19.8 Å². The maximum atomic E-state index is 10.3. The third-order valence-electron chi connectivity index (χ3n) is 1.67. The van der Waals surface area contributed by atoms with E-state index >= 15 is 0 Å². The number of hydrogen-bond acceptors (Lipinski definition) is 3. The fourth-order valence-corrected chi connectivity index (χ4v) is 0.919. The summed E-state index contributed by atoms with van der Waals surface area (Å²) < 4.78 is 5.23. The van der Waals surface area contributed by atoms with Gasteiger partial charge in [-0.15, -0.1) is 0 Å².